The summed E-state index contributed by atoms with van der Waals surface area (Å²) in [6, 6.07) is 8.44. The van der Waals surface area contributed by atoms with Gasteiger partial charge < -0.3 is 9.88 Å². The molecule has 2 aromatic rings. The number of hydrogen-bond donors (Lipinski definition) is 1. The Morgan fingerprint density at radius 1 is 1.35 bits per heavy atom. The normalized spacial score (nSPS) is 24.6. The van der Waals surface area contributed by atoms with Crippen LogP contribution in [-0.4, -0.2) is 22.6 Å². The monoisotopic (exact) mass is 229 g/mol. The number of nitrogens with zero attached hydrogens (tertiary/aromatic N) is 2. The Balaban J connectivity index is 2.15. The van der Waals surface area contributed by atoms with Gasteiger partial charge in [0.1, 0.15) is 5.82 Å². The molecule has 3 nitrogen and oxygen atoms in total. The topological polar surface area (TPSA) is 29.9 Å². The molecule has 1 saturated heterocycles. The number of rotatable bonds is 2. The van der Waals surface area contributed by atoms with Crippen molar-refractivity contribution in [3.8, 4) is 0 Å². The molecule has 1 N–H and O–H groups in total. The van der Waals surface area contributed by atoms with Gasteiger partial charge in [-0.05, 0) is 31.5 Å². The molecule has 0 aliphatic carbocycles. The molecule has 1 aromatic carbocycles. The summed E-state index contributed by atoms with van der Waals surface area (Å²) >= 11 is 0. The Bertz CT molecular complexity index is 529. The van der Waals surface area contributed by atoms with E-state index in [0.29, 0.717) is 11.8 Å². The van der Waals surface area contributed by atoms with Crippen LogP contribution >= 0.6 is 0 Å². The largest absolute Gasteiger partial charge is 0.328 e. The SMILES string of the molecule is CCn1c([C@@H]2CNC[C@H]2C)nc2ccccc21. The molecule has 3 heteroatoms. The fraction of sp³-hybridized carbons (Fsp3) is 0.500. The second-order valence-electron chi connectivity index (χ2n) is 4.95. The third-order valence-corrected chi connectivity index (χ3v) is 3.85. The summed E-state index contributed by atoms with van der Waals surface area (Å²) in [6.45, 7) is 7.68. The van der Waals surface area contributed by atoms with Crippen molar-refractivity contribution in [2.24, 2.45) is 5.92 Å². The zero-order valence-electron chi connectivity index (χ0n) is 10.5. The van der Waals surface area contributed by atoms with Crippen molar-refractivity contribution in [3.63, 3.8) is 0 Å². The van der Waals surface area contributed by atoms with Gasteiger partial charge in [0.25, 0.3) is 0 Å². The zero-order valence-corrected chi connectivity index (χ0v) is 10.5. The second kappa shape index (κ2) is 4.15. The average molecular weight is 229 g/mol. The maximum absolute atomic E-state index is 4.84. The molecule has 3 rings (SSSR count). The van der Waals surface area contributed by atoms with Crippen LogP contribution in [0.15, 0.2) is 24.3 Å². The van der Waals surface area contributed by atoms with Crippen LogP contribution in [0.4, 0.5) is 0 Å². The number of benzene rings is 1. The van der Waals surface area contributed by atoms with E-state index in [-0.39, 0.29) is 0 Å². The summed E-state index contributed by atoms with van der Waals surface area (Å²) in [5.74, 6) is 2.49. The molecule has 0 unspecified atom stereocenters. The predicted octanol–water partition coefficient (Wildman–Crippen LogP) is 2.38. The van der Waals surface area contributed by atoms with E-state index < -0.39 is 0 Å². The van der Waals surface area contributed by atoms with Crippen molar-refractivity contribution in [1.29, 1.82) is 0 Å². The van der Waals surface area contributed by atoms with E-state index in [4.69, 9.17) is 4.98 Å². The van der Waals surface area contributed by atoms with Gasteiger partial charge in [-0.25, -0.2) is 4.98 Å². The van der Waals surface area contributed by atoms with Crippen molar-refractivity contribution in [1.82, 2.24) is 14.9 Å². The molecule has 1 aliphatic heterocycles. The van der Waals surface area contributed by atoms with Crippen molar-refractivity contribution in [2.75, 3.05) is 13.1 Å². The van der Waals surface area contributed by atoms with Gasteiger partial charge in [0, 0.05) is 19.0 Å². The lowest BCUT2D eigenvalue weighted by Gasteiger charge is -2.15. The molecule has 2 atom stereocenters. The minimum atomic E-state index is 0.558. The second-order valence-corrected chi connectivity index (χ2v) is 4.95. The number of nitrogens with one attached hydrogen (secondary N) is 1. The first-order valence-electron chi connectivity index (χ1n) is 6.47. The highest BCUT2D eigenvalue weighted by molar-refractivity contribution is 5.76. The molecule has 17 heavy (non-hydrogen) atoms. The van der Waals surface area contributed by atoms with E-state index in [0.717, 1.165) is 25.2 Å². The Labute approximate surface area is 102 Å². The van der Waals surface area contributed by atoms with Gasteiger partial charge in [0.05, 0.1) is 11.0 Å². The van der Waals surface area contributed by atoms with E-state index in [2.05, 4.69) is 48.0 Å². The number of aromatic nitrogens is 2. The van der Waals surface area contributed by atoms with Crippen LogP contribution in [-0.2, 0) is 6.54 Å². The summed E-state index contributed by atoms with van der Waals surface area (Å²) in [5.41, 5.74) is 2.40. The molecular weight excluding hydrogens is 210 g/mol. The van der Waals surface area contributed by atoms with Crippen LogP contribution in [0.2, 0.25) is 0 Å². The highest BCUT2D eigenvalue weighted by Gasteiger charge is 2.28. The van der Waals surface area contributed by atoms with Crippen molar-refractivity contribution >= 4 is 11.0 Å². The van der Waals surface area contributed by atoms with Crippen molar-refractivity contribution < 1.29 is 0 Å². The first kappa shape index (κ1) is 10.8. The predicted molar refractivity (Wildman–Crippen MR) is 70.2 cm³/mol. The maximum Gasteiger partial charge on any atom is 0.114 e. The number of para-hydroxylation sites is 2. The van der Waals surface area contributed by atoms with Crippen LogP contribution in [0.5, 0.6) is 0 Å². The molecule has 90 valence electrons. The highest BCUT2D eigenvalue weighted by Crippen LogP contribution is 2.29. The number of aryl methyl sites for hydroxylation is 1. The number of imidazole rings is 1. The molecule has 0 amide bonds. The number of hydrogen-bond acceptors (Lipinski definition) is 2. The smallest absolute Gasteiger partial charge is 0.114 e. The summed E-state index contributed by atoms with van der Waals surface area (Å²) in [5, 5.41) is 3.46. The van der Waals surface area contributed by atoms with E-state index in [1.165, 1.54) is 11.3 Å². The summed E-state index contributed by atoms with van der Waals surface area (Å²) in [4.78, 5) is 4.84. The van der Waals surface area contributed by atoms with E-state index in [9.17, 15) is 0 Å². The van der Waals surface area contributed by atoms with E-state index in [1.807, 2.05) is 0 Å². The van der Waals surface area contributed by atoms with Gasteiger partial charge in [-0.2, -0.15) is 0 Å². The summed E-state index contributed by atoms with van der Waals surface area (Å²) in [6.07, 6.45) is 0. The Morgan fingerprint density at radius 3 is 2.88 bits per heavy atom. The van der Waals surface area contributed by atoms with Crippen LogP contribution in [0, 0.1) is 5.92 Å². The molecule has 1 fully saturated rings. The minimum absolute atomic E-state index is 0.558. The van der Waals surface area contributed by atoms with Crippen LogP contribution in [0.25, 0.3) is 11.0 Å². The molecule has 2 heterocycles. The third kappa shape index (κ3) is 1.65. The van der Waals surface area contributed by atoms with Gasteiger partial charge in [-0.1, -0.05) is 19.1 Å². The Hall–Kier alpha value is -1.35. The maximum atomic E-state index is 4.84. The Morgan fingerprint density at radius 2 is 2.18 bits per heavy atom. The first-order chi connectivity index (χ1) is 8.31. The van der Waals surface area contributed by atoms with E-state index in [1.54, 1.807) is 0 Å². The summed E-state index contributed by atoms with van der Waals surface area (Å²) < 4.78 is 2.36. The van der Waals surface area contributed by atoms with Gasteiger partial charge in [0.15, 0.2) is 0 Å². The lowest BCUT2D eigenvalue weighted by Crippen LogP contribution is -2.14. The lowest BCUT2D eigenvalue weighted by atomic mass is 9.97. The molecule has 0 saturated carbocycles. The van der Waals surface area contributed by atoms with Gasteiger partial charge in [0.2, 0.25) is 0 Å². The fourth-order valence-corrected chi connectivity index (χ4v) is 2.87. The van der Waals surface area contributed by atoms with Gasteiger partial charge in [-0.3, -0.25) is 0 Å². The molecule has 1 aliphatic rings. The Kier molecular flexibility index (Phi) is 2.63. The first-order valence-corrected chi connectivity index (χ1v) is 6.47. The number of fused-ring (bicyclic) bond motifs is 1. The molecule has 0 bridgehead atoms. The van der Waals surface area contributed by atoms with Crippen LogP contribution in [0.1, 0.15) is 25.6 Å². The van der Waals surface area contributed by atoms with E-state index >= 15 is 0 Å². The molecule has 0 spiro atoms. The molecule has 0 radical (unpaired) electrons. The van der Waals surface area contributed by atoms with Crippen molar-refractivity contribution in [2.45, 2.75) is 26.3 Å². The lowest BCUT2D eigenvalue weighted by molar-refractivity contribution is 0.522. The van der Waals surface area contributed by atoms with Crippen molar-refractivity contribution in [3.05, 3.63) is 30.1 Å². The van der Waals surface area contributed by atoms with Crippen LogP contribution < -0.4 is 5.32 Å². The fourth-order valence-electron chi connectivity index (χ4n) is 2.87. The summed E-state index contributed by atoms with van der Waals surface area (Å²) in [7, 11) is 0. The van der Waals surface area contributed by atoms with Gasteiger partial charge >= 0.3 is 0 Å². The minimum Gasteiger partial charge on any atom is -0.328 e. The zero-order chi connectivity index (χ0) is 11.8. The third-order valence-electron chi connectivity index (χ3n) is 3.85. The van der Waals surface area contributed by atoms with Gasteiger partial charge in [-0.15, -0.1) is 0 Å². The molecular formula is C14H19N3. The molecule has 1 aromatic heterocycles. The standard InChI is InChI=1S/C14H19N3/c1-3-17-13-7-5-4-6-12(13)16-14(17)11-9-15-8-10(11)2/h4-7,10-11,15H,3,8-9H2,1-2H3/t10-,11-/m1/s1. The van der Waals surface area contributed by atoms with Crippen LogP contribution in [0.3, 0.4) is 0 Å². The highest BCUT2D eigenvalue weighted by atomic mass is 15.1. The average Bonchev–Trinajstić information content (AvgIpc) is 2.91. The quantitative estimate of drug-likeness (QED) is 0.857.